The molecule has 1 aliphatic carbocycles. The van der Waals surface area contributed by atoms with E-state index in [9.17, 15) is 22.4 Å². The van der Waals surface area contributed by atoms with Gasteiger partial charge in [0.2, 0.25) is 11.7 Å². The third-order valence-corrected chi connectivity index (χ3v) is 1.69. The highest BCUT2D eigenvalue weighted by molar-refractivity contribution is 6.08. The zero-order chi connectivity index (χ0) is 14.5. The molecule has 18 heavy (non-hydrogen) atoms. The number of allylic oxidation sites excluding steroid dienone is 2. The van der Waals surface area contributed by atoms with Gasteiger partial charge in [-0.2, -0.15) is 13.6 Å². The first-order chi connectivity index (χ1) is 8.33. The molecule has 5 nitrogen and oxygen atoms in total. The first-order valence-corrected chi connectivity index (χ1v) is 4.59. The Balaban J connectivity index is 0.000000873. The monoisotopic (exact) mass is 267 g/mol. The van der Waals surface area contributed by atoms with Gasteiger partial charge in [-0.05, 0) is 6.54 Å². The predicted molar refractivity (Wildman–Crippen MR) is 53.0 cm³/mol. The van der Waals surface area contributed by atoms with Crippen molar-refractivity contribution in [2.24, 2.45) is 11.7 Å². The molecule has 100 valence electrons. The second-order valence-corrected chi connectivity index (χ2v) is 2.95. The average Bonchev–Trinajstić information content (AvgIpc) is 2.28. The van der Waals surface area contributed by atoms with Gasteiger partial charge in [0.15, 0.2) is 17.6 Å². The molecule has 0 aromatic carbocycles. The molecule has 0 unspecified atom stereocenters. The summed E-state index contributed by atoms with van der Waals surface area (Å²) in [7, 11) is 0. The van der Waals surface area contributed by atoms with Crippen LogP contribution in [0.5, 0.6) is 0 Å². The molecule has 9 heteroatoms. The number of hydrogen-bond donors (Lipinski definition) is 2. The minimum atomic E-state index is -2.67. The van der Waals surface area contributed by atoms with Gasteiger partial charge in [0.25, 0.3) is 0 Å². The summed E-state index contributed by atoms with van der Waals surface area (Å²) in [5, 5.41) is 8.29. The van der Waals surface area contributed by atoms with E-state index in [1.165, 1.54) is 0 Å². The minimum Gasteiger partial charge on any atom is -0.480 e. The highest BCUT2D eigenvalue weighted by atomic mass is 19.2. The van der Waals surface area contributed by atoms with Gasteiger partial charge in [-0.1, -0.05) is 6.92 Å². The van der Waals surface area contributed by atoms with Crippen molar-refractivity contribution in [1.82, 2.24) is 0 Å². The molecule has 0 saturated heterocycles. The number of rotatable bonds is 1. The Morgan fingerprint density at radius 3 is 1.89 bits per heavy atom. The van der Waals surface area contributed by atoms with Gasteiger partial charge in [-0.25, -0.2) is 8.78 Å². The summed E-state index contributed by atoms with van der Waals surface area (Å²) in [5.74, 6) is -12.9. The SMILES string of the molecule is CCN.[N-]=[N+]=C1C(F)=C(F)C(C(=O)O)C(F)=C1F. The van der Waals surface area contributed by atoms with Crippen LogP contribution in [0.4, 0.5) is 17.6 Å². The molecular weight excluding hydrogens is 258 g/mol. The van der Waals surface area contributed by atoms with Gasteiger partial charge in [0.1, 0.15) is 0 Å². The van der Waals surface area contributed by atoms with Crippen LogP contribution >= 0.6 is 0 Å². The molecule has 0 aliphatic heterocycles. The molecule has 0 heterocycles. The highest BCUT2D eigenvalue weighted by Crippen LogP contribution is 2.35. The Morgan fingerprint density at radius 1 is 1.33 bits per heavy atom. The van der Waals surface area contributed by atoms with Crippen molar-refractivity contribution in [2.75, 3.05) is 6.54 Å². The maximum Gasteiger partial charge on any atom is 0.391 e. The molecule has 0 radical (unpaired) electrons. The van der Waals surface area contributed by atoms with Crippen molar-refractivity contribution in [1.29, 1.82) is 0 Å². The topological polar surface area (TPSA) is 99.7 Å². The molecule has 0 bridgehead atoms. The van der Waals surface area contributed by atoms with E-state index < -0.39 is 40.9 Å². The van der Waals surface area contributed by atoms with Gasteiger partial charge < -0.3 is 16.4 Å². The number of aliphatic carboxylic acids is 1. The largest absolute Gasteiger partial charge is 0.480 e. The zero-order valence-corrected chi connectivity index (χ0v) is 9.12. The molecule has 3 N–H and O–H groups in total. The van der Waals surface area contributed by atoms with Crippen LogP contribution < -0.4 is 5.73 Å². The smallest absolute Gasteiger partial charge is 0.391 e. The molecular formula is C9H9F4N3O2. The predicted octanol–water partition coefficient (Wildman–Crippen LogP) is 1.64. The van der Waals surface area contributed by atoms with E-state index in [0.717, 1.165) is 6.54 Å². The lowest BCUT2D eigenvalue weighted by molar-refractivity contribution is -0.140. The van der Waals surface area contributed by atoms with Crippen LogP contribution in [0.25, 0.3) is 5.53 Å². The molecule has 1 aliphatic rings. The van der Waals surface area contributed by atoms with Gasteiger partial charge in [-0.15, -0.1) is 0 Å². The van der Waals surface area contributed by atoms with Crippen molar-refractivity contribution in [3.63, 3.8) is 0 Å². The van der Waals surface area contributed by atoms with E-state index >= 15 is 0 Å². The van der Waals surface area contributed by atoms with E-state index in [2.05, 4.69) is 0 Å². The number of carbonyl (C=O) groups is 1. The van der Waals surface area contributed by atoms with Crippen molar-refractivity contribution in [2.45, 2.75) is 6.92 Å². The van der Waals surface area contributed by atoms with Crippen LogP contribution in [0.3, 0.4) is 0 Å². The fraction of sp³-hybridized carbons (Fsp3) is 0.333. The molecule has 1 rings (SSSR count). The molecule has 0 amide bonds. The van der Waals surface area contributed by atoms with Crippen molar-refractivity contribution in [3.05, 3.63) is 28.8 Å². The lowest BCUT2D eigenvalue weighted by Crippen LogP contribution is -2.24. The molecule has 0 fully saturated rings. The number of nitrogens with zero attached hydrogens (tertiary/aromatic N) is 2. The van der Waals surface area contributed by atoms with Gasteiger partial charge >= 0.3 is 11.7 Å². The van der Waals surface area contributed by atoms with Crippen molar-refractivity contribution in [3.8, 4) is 0 Å². The summed E-state index contributed by atoms with van der Waals surface area (Å²) >= 11 is 0. The summed E-state index contributed by atoms with van der Waals surface area (Å²) in [6, 6.07) is 0. The quantitative estimate of drug-likeness (QED) is 0.429. The van der Waals surface area contributed by atoms with Crippen molar-refractivity contribution >= 4 is 11.7 Å². The van der Waals surface area contributed by atoms with Crippen LogP contribution in [-0.4, -0.2) is 28.1 Å². The Bertz CT molecular complexity index is 438. The summed E-state index contributed by atoms with van der Waals surface area (Å²) in [5.41, 5.74) is 11.3. The lowest BCUT2D eigenvalue weighted by Gasteiger charge is -2.11. The van der Waals surface area contributed by atoms with E-state index in [1.54, 1.807) is 0 Å². The van der Waals surface area contributed by atoms with Gasteiger partial charge in [0, 0.05) is 0 Å². The second-order valence-electron chi connectivity index (χ2n) is 2.95. The first kappa shape index (κ1) is 16.0. The third kappa shape index (κ3) is 3.02. The molecule has 0 aromatic rings. The number of carboxylic acid groups (broad SMARTS) is 1. The van der Waals surface area contributed by atoms with E-state index in [0.29, 0.717) is 0 Å². The van der Waals surface area contributed by atoms with Crippen LogP contribution in [0, 0.1) is 5.92 Å². The molecule has 0 atom stereocenters. The molecule has 0 spiro atoms. The summed E-state index contributed by atoms with van der Waals surface area (Å²) in [6.07, 6.45) is 0. The Morgan fingerprint density at radius 2 is 1.67 bits per heavy atom. The van der Waals surface area contributed by atoms with Crippen molar-refractivity contribution < 1.29 is 32.3 Å². The normalized spacial score (nSPS) is 19.2. The fourth-order valence-corrected chi connectivity index (χ4v) is 0.992. The summed E-state index contributed by atoms with van der Waals surface area (Å²) < 4.78 is 51.3. The maximum atomic E-state index is 12.8. The van der Waals surface area contributed by atoms with Crippen LogP contribution in [-0.2, 0) is 4.79 Å². The highest BCUT2D eigenvalue weighted by Gasteiger charge is 2.45. The number of halogens is 4. The number of hydrogen-bond acceptors (Lipinski definition) is 2. The second kappa shape index (κ2) is 6.67. The maximum absolute atomic E-state index is 12.8. The number of carboxylic acids is 1. The summed E-state index contributed by atoms with van der Waals surface area (Å²) in [4.78, 5) is 12.3. The lowest BCUT2D eigenvalue weighted by atomic mass is 9.98. The van der Waals surface area contributed by atoms with Crippen LogP contribution in [0.2, 0.25) is 0 Å². The van der Waals surface area contributed by atoms with Gasteiger partial charge in [-0.3, -0.25) is 4.79 Å². The Kier molecular flexibility index (Phi) is 5.94. The standard InChI is InChI=1S/C7H2F4N2O2.C2H7N/c8-2-1(7(14)15)3(9)5(11)6(13-12)4(2)10;1-2-3/h1H,(H,14,15);2-3H2,1H3. The number of nitrogens with two attached hydrogens (primary N) is 1. The zero-order valence-electron chi connectivity index (χ0n) is 9.12. The summed E-state index contributed by atoms with van der Waals surface area (Å²) in [6.45, 7) is 2.65. The Hall–Kier alpha value is -1.99. The fourth-order valence-electron chi connectivity index (χ4n) is 0.992. The third-order valence-electron chi connectivity index (χ3n) is 1.69. The average molecular weight is 267 g/mol. The van der Waals surface area contributed by atoms with E-state index in [-0.39, 0.29) is 0 Å². The first-order valence-electron chi connectivity index (χ1n) is 4.59. The van der Waals surface area contributed by atoms with E-state index in [1.807, 2.05) is 11.7 Å². The van der Waals surface area contributed by atoms with Crippen LogP contribution in [0.1, 0.15) is 6.92 Å². The van der Waals surface area contributed by atoms with Crippen LogP contribution in [0.15, 0.2) is 23.3 Å². The Labute approximate surface area is 98.8 Å². The van der Waals surface area contributed by atoms with E-state index in [4.69, 9.17) is 16.4 Å². The van der Waals surface area contributed by atoms with Gasteiger partial charge in [0.05, 0.1) is 0 Å². The molecule has 0 aromatic heterocycles. The minimum absolute atomic E-state index is 0.750. The molecule has 0 saturated carbocycles.